The molecular formula is C26H30Cl2N6O3. The van der Waals surface area contributed by atoms with E-state index in [2.05, 4.69) is 28.6 Å². The van der Waals surface area contributed by atoms with Crippen LogP contribution in [0.25, 0.3) is 5.69 Å². The Morgan fingerprint density at radius 1 is 1.19 bits per heavy atom. The number of hydrogen-bond acceptors (Lipinski definition) is 7. The molecule has 9 nitrogen and oxygen atoms in total. The van der Waals surface area contributed by atoms with Gasteiger partial charge in [-0.2, -0.15) is 0 Å². The van der Waals surface area contributed by atoms with E-state index in [1.807, 2.05) is 0 Å². The van der Waals surface area contributed by atoms with E-state index in [4.69, 9.17) is 37.7 Å². The molecule has 2 atom stereocenters. The molecule has 0 saturated carbocycles. The first kappa shape index (κ1) is 25.8. The molecule has 0 N–H and O–H groups in total. The van der Waals surface area contributed by atoms with Crippen molar-refractivity contribution in [2.75, 3.05) is 24.6 Å². The lowest BCUT2D eigenvalue weighted by atomic mass is 9.73. The lowest BCUT2D eigenvalue weighted by Gasteiger charge is -2.41. The maximum Gasteiger partial charge on any atom is 0.263 e. The maximum absolute atomic E-state index is 13.6. The topological polar surface area (TPSA) is 86.8 Å². The number of rotatable bonds is 5. The standard InChI is InChI=1S/C26H30Cl2N6O3/c1-15-24(33-12-9-26(10-13-33)14-36-16(2)23(26)29-4)30-17(3)34(25(15)35)18-6-7-19(22(28)21(18)27)37-20-8-11-32(5)31-20/h6-8,11,16,23H,4,9-10,12-14H2,1-3,5H3/t16-,23+/m0/s1. The van der Waals surface area contributed by atoms with Crippen LogP contribution in [0.1, 0.15) is 31.2 Å². The zero-order valence-corrected chi connectivity index (χ0v) is 22.9. The first-order valence-electron chi connectivity index (χ1n) is 12.2. The predicted molar refractivity (Wildman–Crippen MR) is 145 cm³/mol. The third-order valence-corrected chi connectivity index (χ3v) is 8.44. The lowest BCUT2D eigenvalue weighted by Crippen LogP contribution is -2.47. The zero-order chi connectivity index (χ0) is 26.5. The van der Waals surface area contributed by atoms with Crippen LogP contribution in [0.15, 0.2) is 34.2 Å². The smallest absolute Gasteiger partial charge is 0.263 e. The summed E-state index contributed by atoms with van der Waals surface area (Å²) in [6.45, 7) is 11.7. The van der Waals surface area contributed by atoms with Gasteiger partial charge in [-0.1, -0.05) is 23.2 Å². The Kier molecular flexibility index (Phi) is 6.81. The fraction of sp³-hybridized carbons (Fsp3) is 0.462. The van der Waals surface area contributed by atoms with E-state index >= 15 is 0 Å². The summed E-state index contributed by atoms with van der Waals surface area (Å²) in [4.78, 5) is 25.0. The summed E-state index contributed by atoms with van der Waals surface area (Å²) < 4.78 is 14.8. The number of aryl methyl sites for hydroxylation is 2. The summed E-state index contributed by atoms with van der Waals surface area (Å²) in [5.41, 5.74) is 0.803. The van der Waals surface area contributed by atoms with Crippen LogP contribution in [0, 0.1) is 19.3 Å². The Balaban J connectivity index is 1.42. The number of benzene rings is 1. The molecular weight excluding hydrogens is 515 g/mol. The van der Waals surface area contributed by atoms with Crippen molar-refractivity contribution in [3.8, 4) is 17.3 Å². The summed E-state index contributed by atoms with van der Waals surface area (Å²) in [5, 5.41) is 4.59. The monoisotopic (exact) mass is 544 g/mol. The minimum Gasteiger partial charge on any atom is -0.436 e. The number of anilines is 1. The highest BCUT2D eigenvalue weighted by Crippen LogP contribution is 2.44. The average Bonchev–Trinajstić information content (AvgIpc) is 3.43. The average molecular weight is 545 g/mol. The molecule has 0 unspecified atom stereocenters. The summed E-state index contributed by atoms with van der Waals surface area (Å²) >= 11 is 13.2. The van der Waals surface area contributed by atoms with Crippen LogP contribution >= 0.6 is 23.2 Å². The van der Waals surface area contributed by atoms with Gasteiger partial charge in [-0.25, -0.2) is 4.98 Å². The van der Waals surface area contributed by atoms with E-state index < -0.39 is 0 Å². The number of aliphatic imine (C=N–C) groups is 1. The van der Waals surface area contributed by atoms with Gasteiger partial charge in [-0.15, -0.1) is 5.10 Å². The number of halogens is 2. The fourth-order valence-electron chi connectivity index (χ4n) is 5.54. The summed E-state index contributed by atoms with van der Waals surface area (Å²) in [6, 6.07) is 5.19. The van der Waals surface area contributed by atoms with Gasteiger partial charge in [0.2, 0.25) is 5.88 Å². The largest absolute Gasteiger partial charge is 0.436 e. The van der Waals surface area contributed by atoms with Gasteiger partial charge in [0.1, 0.15) is 22.4 Å². The van der Waals surface area contributed by atoms with Crippen molar-refractivity contribution in [2.24, 2.45) is 17.5 Å². The molecule has 5 rings (SSSR count). The van der Waals surface area contributed by atoms with Crippen molar-refractivity contribution >= 4 is 35.7 Å². The minimum atomic E-state index is -0.192. The van der Waals surface area contributed by atoms with E-state index in [0.717, 1.165) is 25.9 Å². The van der Waals surface area contributed by atoms with Gasteiger partial charge in [-0.05, 0) is 52.5 Å². The third-order valence-electron chi connectivity index (χ3n) is 7.58. The minimum absolute atomic E-state index is 0.00103. The number of hydrogen-bond donors (Lipinski definition) is 0. The molecule has 0 bridgehead atoms. The van der Waals surface area contributed by atoms with E-state index in [-0.39, 0.29) is 33.2 Å². The molecule has 3 aromatic rings. The lowest BCUT2D eigenvalue weighted by molar-refractivity contribution is 0.0974. The van der Waals surface area contributed by atoms with Crippen molar-refractivity contribution in [2.45, 2.75) is 45.8 Å². The van der Waals surface area contributed by atoms with Crippen LogP contribution in [-0.4, -0.2) is 57.9 Å². The van der Waals surface area contributed by atoms with Crippen molar-refractivity contribution in [3.63, 3.8) is 0 Å². The van der Waals surface area contributed by atoms with Gasteiger partial charge in [0, 0.05) is 37.8 Å². The summed E-state index contributed by atoms with van der Waals surface area (Å²) in [7, 11) is 1.79. The Hall–Kier alpha value is -2.88. The fourth-order valence-corrected chi connectivity index (χ4v) is 5.98. The number of ether oxygens (including phenoxy) is 2. The third kappa shape index (κ3) is 4.43. The van der Waals surface area contributed by atoms with Gasteiger partial charge < -0.3 is 14.4 Å². The molecule has 1 aromatic carbocycles. The normalized spacial score (nSPS) is 21.0. The van der Waals surface area contributed by atoms with Crippen molar-refractivity contribution in [1.29, 1.82) is 0 Å². The van der Waals surface area contributed by atoms with Crippen LogP contribution in [0.3, 0.4) is 0 Å². The van der Waals surface area contributed by atoms with Gasteiger partial charge >= 0.3 is 0 Å². The Morgan fingerprint density at radius 3 is 2.57 bits per heavy atom. The van der Waals surface area contributed by atoms with Crippen LogP contribution in [0.5, 0.6) is 11.6 Å². The maximum atomic E-state index is 13.6. The predicted octanol–water partition coefficient (Wildman–Crippen LogP) is 4.76. The van der Waals surface area contributed by atoms with Gasteiger partial charge in [0.05, 0.1) is 35.0 Å². The van der Waals surface area contributed by atoms with Gasteiger partial charge in [0.15, 0.2) is 0 Å². The zero-order valence-electron chi connectivity index (χ0n) is 21.4. The number of nitrogens with zero attached hydrogens (tertiary/aromatic N) is 6. The highest BCUT2D eigenvalue weighted by atomic mass is 35.5. The second-order valence-corrected chi connectivity index (χ2v) is 10.6. The summed E-state index contributed by atoms with van der Waals surface area (Å²) in [5.74, 6) is 1.95. The van der Waals surface area contributed by atoms with Gasteiger partial charge in [0.25, 0.3) is 5.56 Å². The van der Waals surface area contributed by atoms with Crippen LogP contribution in [0.2, 0.25) is 10.0 Å². The second kappa shape index (κ2) is 9.78. The molecule has 2 aromatic heterocycles. The van der Waals surface area contributed by atoms with Gasteiger partial charge in [-0.3, -0.25) is 19.0 Å². The molecule has 0 radical (unpaired) electrons. The highest BCUT2D eigenvalue weighted by molar-refractivity contribution is 6.44. The molecule has 11 heteroatoms. The first-order valence-corrected chi connectivity index (χ1v) is 13.0. The second-order valence-electron chi connectivity index (χ2n) is 9.88. The highest BCUT2D eigenvalue weighted by Gasteiger charge is 2.49. The quantitative estimate of drug-likeness (QED) is 0.430. The van der Waals surface area contributed by atoms with Crippen molar-refractivity contribution in [1.82, 2.24) is 19.3 Å². The molecule has 1 spiro atoms. The van der Waals surface area contributed by atoms with Crippen LogP contribution in [0.4, 0.5) is 5.82 Å². The first-order chi connectivity index (χ1) is 17.6. The molecule has 2 fully saturated rings. The van der Waals surface area contributed by atoms with E-state index in [9.17, 15) is 4.79 Å². The summed E-state index contributed by atoms with van der Waals surface area (Å²) in [6.07, 6.45) is 3.65. The molecule has 0 aliphatic carbocycles. The molecule has 4 heterocycles. The van der Waals surface area contributed by atoms with Crippen molar-refractivity contribution in [3.05, 3.63) is 56.2 Å². The molecule has 2 aliphatic rings. The molecule has 2 saturated heterocycles. The van der Waals surface area contributed by atoms with Crippen molar-refractivity contribution < 1.29 is 9.47 Å². The van der Waals surface area contributed by atoms with Crippen LogP contribution in [-0.2, 0) is 11.8 Å². The SMILES string of the molecule is C=N[C@@H]1[C@H](C)OCC12CCN(c1nc(C)n(-c3ccc(Oc4ccn(C)n4)c(Cl)c3Cl)c(=O)c1C)CC2. The molecule has 196 valence electrons. The van der Waals surface area contributed by atoms with E-state index in [1.165, 1.54) is 4.57 Å². The van der Waals surface area contributed by atoms with E-state index in [1.54, 1.807) is 50.0 Å². The molecule has 2 aliphatic heterocycles. The van der Waals surface area contributed by atoms with E-state index in [0.29, 0.717) is 41.1 Å². The molecule has 0 amide bonds. The Bertz CT molecular complexity index is 1410. The van der Waals surface area contributed by atoms with Crippen LogP contribution < -0.4 is 15.2 Å². The molecule has 37 heavy (non-hydrogen) atoms. The Labute approximate surface area is 225 Å². The Morgan fingerprint density at radius 2 is 1.92 bits per heavy atom. The number of aromatic nitrogens is 4. The number of piperidine rings is 1.